The molecule has 1 N–H and O–H groups in total. The van der Waals surface area contributed by atoms with E-state index in [0.717, 1.165) is 5.56 Å². The zero-order valence-electron chi connectivity index (χ0n) is 14.3. The lowest BCUT2D eigenvalue weighted by atomic mass is 9.87. The van der Waals surface area contributed by atoms with Crippen molar-refractivity contribution in [2.45, 2.75) is 31.1 Å². The third-order valence-electron chi connectivity index (χ3n) is 3.81. The normalized spacial score (nSPS) is 14.0. The first-order valence-corrected chi connectivity index (χ1v) is 9.29. The molecule has 0 aliphatic carbocycles. The Balaban J connectivity index is 1.71. The molecule has 0 unspecified atom stereocenters. The number of nitrogens with one attached hydrogen (secondary N) is 1. The van der Waals surface area contributed by atoms with Crippen LogP contribution in [0.3, 0.4) is 0 Å². The van der Waals surface area contributed by atoms with Gasteiger partial charge in [0.2, 0.25) is 6.79 Å². The summed E-state index contributed by atoms with van der Waals surface area (Å²) in [5.74, 6) is 1.28. The molecule has 2 aromatic rings. The summed E-state index contributed by atoms with van der Waals surface area (Å²) >= 11 is 0. The van der Waals surface area contributed by atoms with E-state index in [1.807, 2.05) is 12.1 Å². The van der Waals surface area contributed by atoms with E-state index in [0.29, 0.717) is 17.1 Å². The zero-order valence-corrected chi connectivity index (χ0v) is 15.1. The lowest BCUT2D eigenvalue weighted by molar-refractivity contribution is 0.174. The number of fused-ring (bicyclic) bond motifs is 1. The quantitative estimate of drug-likeness (QED) is 0.672. The van der Waals surface area contributed by atoms with Crippen molar-refractivity contribution >= 4 is 16.2 Å². The molecule has 25 heavy (non-hydrogen) atoms. The molecular formula is C18H20N2O4S. The Bertz CT molecular complexity index is 898. The molecule has 0 amide bonds. The average Bonchev–Trinajstić information content (AvgIpc) is 3.02. The molecule has 2 aromatic carbocycles. The Morgan fingerprint density at radius 1 is 1.04 bits per heavy atom. The molecule has 6 nitrogen and oxygen atoms in total. The second-order valence-corrected chi connectivity index (χ2v) is 8.40. The van der Waals surface area contributed by atoms with E-state index in [9.17, 15) is 8.42 Å². The van der Waals surface area contributed by atoms with Crippen LogP contribution in [-0.4, -0.2) is 21.4 Å². The molecule has 0 aromatic heterocycles. The number of sulfonamides is 1. The number of hydrogen-bond acceptors (Lipinski definition) is 5. The van der Waals surface area contributed by atoms with Gasteiger partial charge in [-0.2, -0.15) is 13.5 Å². The van der Waals surface area contributed by atoms with Crippen molar-refractivity contribution in [1.82, 2.24) is 4.83 Å². The molecule has 1 aliphatic heterocycles. The number of rotatable bonds is 4. The van der Waals surface area contributed by atoms with Crippen molar-refractivity contribution in [3.8, 4) is 11.5 Å². The van der Waals surface area contributed by atoms with Crippen molar-refractivity contribution in [3.63, 3.8) is 0 Å². The van der Waals surface area contributed by atoms with Gasteiger partial charge in [-0.05, 0) is 46.9 Å². The molecule has 1 heterocycles. The third kappa shape index (κ3) is 3.93. The van der Waals surface area contributed by atoms with Gasteiger partial charge in [0.25, 0.3) is 10.0 Å². The Morgan fingerprint density at radius 3 is 2.40 bits per heavy atom. The van der Waals surface area contributed by atoms with Crippen molar-refractivity contribution in [3.05, 3.63) is 53.6 Å². The largest absolute Gasteiger partial charge is 0.454 e. The first kappa shape index (κ1) is 17.3. The molecule has 0 atom stereocenters. The summed E-state index contributed by atoms with van der Waals surface area (Å²) in [6, 6.07) is 12.1. The molecule has 7 heteroatoms. The minimum absolute atomic E-state index is 0.0345. The fourth-order valence-corrected chi connectivity index (χ4v) is 3.14. The molecule has 3 rings (SSSR count). The lowest BCUT2D eigenvalue weighted by Crippen LogP contribution is -2.19. The molecule has 0 fully saturated rings. The standard InChI is InChI=1S/C18H20N2O4S/c1-18(2,3)14-5-7-15(8-6-14)25(21,22)20-19-11-13-4-9-16-17(10-13)24-12-23-16/h4-11,20H,12H2,1-3H3/b19-11+. The Morgan fingerprint density at radius 2 is 1.72 bits per heavy atom. The maximum Gasteiger partial charge on any atom is 0.276 e. The number of benzene rings is 2. The summed E-state index contributed by atoms with van der Waals surface area (Å²) < 4.78 is 35.1. The van der Waals surface area contributed by atoms with Gasteiger partial charge in [-0.3, -0.25) is 0 Å². The van der Waals surface area contributed by atoms with E-state index in [-0.39, 0.29) is 17.1 Å². The minimum Gasteiger partial charge on any atom is -0.454 e. The van der Waals surface area contributed by atoms with Gasteiger partial charge in [0.15, 0.2) is 11.5 Å². The van der Waals surface area contributed by atoms with Crippen LogP contribution in [0.4, 0.5) is 0 Å². The van der Waals surface area contributed by atoms with Crippen LogP contribution >= 0.6 is 0 Å². The van der Waals surface area contributed by atoms with Crippen molar-refractivity contribution < 1.29 is 17.9 Å². The minimum atomic E-state index is -3.71. The molecule has 1 aliphatic rings. The summed E-state index contributed by atoms with van der Waals surface area (Å²) in [6.45, 7) is 6.41. The highest BCUT2D eigenvalue weighted by Gasteiger charge is 2.17. The second-order valence-electron chi connectivity index (χ2n) is 6.74. The van der Waals surface area contributed by atoms with Gasteiger partial charge in [-0.25, -0.2) is 4.83 Å². The van der Waals surface area contributed by atoms with E-state index < -0.39 is 10.0 Å². The number of nitrogens with zero attached hydrogens (tertiary/aromatic N) is 1. The van der Waals surface area contributed by atoms with Gasteiger partial charge in [-0.1, -0.05) is 32.9 Å². The van der Waals surface area contributed by atoms with Gasteiger partial charge in [0, 0.05) is 0 Å². The summed E-state index contributed by atoms with van der Waals surface area (Å²) in [4.78, 5) is 2.39. The summed E-state index contributed by atoms with van der Waals surface area (Å²) in [7, 11) is -3.71. The fourth-order valence-electron chi connectivity index (χ4n) is 2.35. The molecule has 0 radical (unpaired) electrons. The van der Waals surface area contributed by atoms with Crippen molar-refractivity contribution in [1.29, 1.82) is 0 Å². The van der Waals surface area contributed by atoms with Crippen LogP contribution in [0, 0.1) is 0 Å². The predicted molar refractivity (Wildman–Crippen MR) is 95.6 cm³/mol. The maximum atomic E-state index is 12.3. The van der Waals surface area contributed by atoms with Crippen LogP contribution in [0.2, 0.25) is 0 Å². The zero-order chi connectivity index (χ0) is 18.1. The fraction of sp³-hybridized carbons (Fsp3) is 0.278. The van der Waals surface area contributed by atoms with E-state index in [4.69, 9.17) is 9.47 Å². The molecule has 0 spiro atoms. The smallest absolute Gasteiger partial charge is 0.276 e. The Labute approximate surface area is 147 Å². The first-order chi connectivity index (χ1) is 11.8. The number of hydrogen-bond donors (Lipinski definition) is 1. The highest BCUT2D eigenvalue weighted by molar-refractivity contribution is 7.89. The molecule has 0 bridgehead atoms. The predicted octanol–water partition coefficient (Wildman–Crippen LogP) is 3.03. The van der Waals surface area contributed by atoms with Crippen LogP contribution in [0.5, 0.6) is 11.5 Å². The van der Waals surface area contributed by atoms with Gasteiger partial charge >= 0.3 is 0 Å². The summed E-state index contributed by atoms with van der Waals surface area (Å²) in [5.41, 5.74) is 1.73. The SMILES string of the molecule is CC(C)(C)c1ccc(S(=O)(=O)N/N=C/c2ccc3c(c2)OCO3)cc1. The van der Waals surface area contributed by atoms with E-state index in [1.165, 1.54) is 6.21 Å². The van der Waals surface area contributed by atoms with E-state index in [1.54, 1.807) is 30.3 Å². The average molecular weight is 360 g/mol. The highest BCUT2D eigenvalue weighted by Crippen LogP contribution is 2.32. The van der Waals surface area contributed by atoms with Gasteiger partial charge < -0.3 is 9.47 Å². The number of hydrazone groups is 1. The molecule has 0 saturated carbocycles. The molecule has 0 saturated heterocycles. The van der Waals surface area contributed by atoms with Gasteiger partial charge in [-0.15, -0.1) is 0 Å². The van der Waals surface area contributed by atoms with Crippen LogP contribution in [0.15, 0.2) is 52.5 Å². The van der Waals surface area contributed by atoms with Crippen LogP contribution < -0.4 is 14.3 Å². The lowest BCUT2D eigenvalue weighted by Gasteiger charge is -2.19. The van der Waals surface area contributed by atoms with Crippen LogP contribution in [0.25, 0.3) is 0 Å². The van der Waals surface area contributed by atoms with Crippen molar-refractivity contribution in [2.75, 3.05) is 6.79 Å². The Hall–Kier alpha value is -2.54. The molecule has 132 valence electrons. The number of ether oxygens (including phenoxy) is 2. The highest BCUT2D eigenvalue weighted by atomic mass is 32.2. The summed E-state index contributed by atoms with van der Waals surface area (Å²) in [6.07, 6.45) is 1.42. The van der Waals surface area contributed by atoms with Crippen LogP contribution in [0.1, 0.15) is 31.9 Å². The summed E-state index contributed by atoms with van der Waals surface area (Å²) in [5, 5.41) is 3.83. The van der Waals surface area contributed by atoms with Crippen LogP contribution in [-0.2, 0) is 15.4 Å². The van der Waals surface area contributed by atoms with E-state index in [2.05, 4.69) is 30.7 Å². The Kier molecular flexibility index (Phi) is 4.43. The monoisotopic (exact) mass is 360 g/mol. The first-order valence-electron chi connectivity index (χ1n) is 7.81. The second kappa shape index (κ2) is 6.40. The topological polar surface area (TPSA) is 77.0 Å². The molecular weight excluding hydrogens is 340 g/mol. The van der Waals surface area contributed by atoms with E-state index >= 15 is 0 Å². The maximum absolute atomic E-state index is 12.3. The third-order valence-corrected chi connectivity index (χ3v) is 5.05. The van der Waals surface area contributed by atoms with Gasteiger partial charge in [0.1, 0.15) is 0 Å². The van der Waals surface area contributed by atoms with Crippen molar-refractivity contribution in [2.24, 2.45) is 5.10 Å². The van der Waals surface area contributed by atoms with Gasteiger partial charge in [0.05, 0.1) is 11.1 Å².